The van der Waals surface area contributed by atoms with Gasteiger partial charge >= 0.3 is 0 Å². The van der Waals surface area contributed by atoms with Crippen molar-refractivity contribution in [3.63, 3.8) is 0 Å². The van der Waals surface area contributed by atoms with Gasteiger partial charge in [0.25, 0.3) is 0 Å². The number of ether oxygens (including phenoxy) is 1. The normalized spacial score (nSPS) is 20.8. The number of hydrogen-bond acceptors (Lipinski definition) is 3. The van der Waals surface area contributed by atoms with Gasteiger partial charge in [0.05, 0.1) is 17.7 Å². The third-order valence-electron chi connectivity index (χ3n) is 2.83. The lowest BCUT2D eigenvalue weighted by atomic mass is 10.2. The molecule has 1 aromatic carbocycles. The number of rotatable bonds is 1. The molecule has 0 aromatic heterocycles. The minimum atomic E-state index is 0.238. The monoisotopic (exact) mass is 294 g/mol. The van der Waals surface area contributed by atoms with Crippen LogP contribution in [0, 0.1) is 11.3 Å². The van der Waals surface area contributed by atoms with Gasteiger partial charge in [-0.25, -0.2) is 0 Å². The summed E-state index contributed by atoms with van der Waals surface area (Å²) in [6.07, 6.45) is 1.26. The van der Waals surface area contributed by atoms with Crippen LogP contribution >= 0.6 is 15.9 Å². The van der Waals surface area contributed by atoms with Gasteiger partial charge in [0.1, 0.15) is 0 Å². The van der Waals surface area contributed by atoms with Crippen LogP contribution in [0.15, 0.2) is 22.7 Å². The zero-order chi connectivity index (χ0) is 12.3. The molecule has 1 aliphatic rings. The second-order valence-corrected chi connectivity index (χ2v) is 5.21. The lowest BCUT2D eigenvalue weighted by molar-refractivity contribution is 0.0821. The molecule has 1 aromatic rings. The van der Waals surface area contributed by atoms with E-state index in [-0.39, 0.29) is 6.10 Å². The molecule has 2 rings (SSSR count). The molecule has 1 saturated heterocycles. The predicted molar refractivity (Wildman–Crippen MR) is 71.1 cm³/mol. The van der Waals surface area contributed by atoms with E-state index in [1.807, 2.05) is 12.1 Å². The maximum Gasteiger partial charge on any atom is 0.0992 e. The van der Waals surface area contributed by atoms with Gasteiger partial charge in [-0.15, -0.1) is 0 Å². The summed E-state index contributed by atoms with van der Waals surface area (Å²) < 4.78 is 6.57. The molecular formula is C13H15BrN2O. The summed E-state index contributed by atoms with van der Waals surface area (Å²) in [4.78, 5) is 2.28. The second-order valence-electron chi connectivity index (χ2n) is 4.29. The van der Waals surface area contributed by atoms with Crippen molar-refractivity contribution in [1.29, 1.82) is 5.26 Å². The van der Waals surface area contributed by atoms with Crippen LogP contribution in [0.1, 0.15) is 18.9 Å². The number of benzene rings is 1. The standard InChI is InChI=1S/C13H15BrN2O/c1-10-9-16(3-2-4-17-10)13-6-11(8-15)5-12(14)7-13/h5-7,10H,2-4,9H2,1H3. The van der Waals surface area contributed by atoms with E-state index in [0.29, 0.717) is 5.56 Å². The first kappa shape index (κ1) is 12.4. The molecule has 0 radical (unpaired) electrons. The summed E-state index contributed by atoms with van der Waals surface area (Å²) in [6, 6.07) is 8.01. The Morgan fingerprint density at radius 2 is 2.29 bits per heavy atom. The van der Waals surface area contributed by atoms with E-state index < -0.39 is 0 Å². The van der Waals surface area contributed by atoms with Gasteiger partial charge in [-0.05, 0) is 31.5 Å². The highest BCUT2D eigenvalue weighted by Crippen LogP contribution is 2.24. The number of halogens is 1. The molecule has 1 aliphatic heterocycles. The predicted octanol–water partition coefficient (Wildman–Crippen LogP) is 2.94. The zero-order valence-electron chi connectivity index (χ0n) is 9.82. The highest BCUT2D eigenvalue weighted by atomic mass is 79.9. The quantitative estimate of drug-likeness (QED) is 0.799. The van der Waals surface area contributed by atoms with Crippen LogP contribution in [0.2, 0.25) is 0 Å². The molecule has 1 atom stereocenters. The summed E-state index contributed by atoms with van der Waals surface area (Å²) in [7, 11) is 0. The van der Waals surface area contributed by atoms with Crippen molar-refractivity contribution in [3.05, 3.63) is 28.2 Å². The highest BCUT2D eigenvalue weighted by molar-refractivity contribution is 9.10. The fourth-order valence-electron chi connectivity index (χ4n) is 2.05. The molecule has 0 bridgehead atoms. The third kappa shape index (κ3) is 3.21. The van der Waals surface area contributed by atoms with Crippen molar-refractivity contribution in [2.45, 2.75) is 19.4 Å². The Balaban J connectivity index is 2.26. The summed E-state index contributed by atoms with van der Waals surface area (Å²) in [5.74, 6) is 0. The van der Waals surface area contributed by atoms with E-state index in [4.69, 9.17) is 10.00 Å². The maximum absolute atomic E-state index is 8.98. The molecule has 1 fully saturated rings. The van der Waals surface area contributed by atoms with Gasteiger partial charge < -0.3 is 9.64 Å². The Kier molecular flexibility index (Phi) is 4.03. The lowest BCUT2D eigenvalue weighted by Gasteiger charge is -2.24. The molecule has 0 spiro atoms. The Morgan fingerprint density at radius 3 is 3.06 bits per heavy atom. The van der Waals surface area contributed by atoms with E-state index in [2.05, 4.69) is 39.9 Å². The third-order valence-corrected chi connectivity index (χ3v) is 3.29. The summed E-state index contributed by atoms with van der Waals surface area (Å²) in [5, 5.41) is 8.98. The Hall–Kier alpha value is -1.05. The van der Waals surface area contributed by atoms with Gasteiger partial charge in [-0.3, -0.25) is 0 Å². The van der Waals surface area contributed by atoms with Gasteiger partial charge in [0, 0.05) is 29.9 Å². The first-order valence-electron chi connectivity index (χ1n) is 5.76. The van der Waals surface area contributed by atoms with E-state index in [0.717, 1.165) is 36.3 Å². The number of nitriles is 1. The van der Waals surface area contributed by atoms with Crippen molar-refractivity contribution >= 4 is 21.6 Å². The smallest absolute Gasteiger partial charge is 0.0992 e. The fraction of sp³-hybridized carbons (Fsp3) is 0.462. The minimum Gasteiger partial charge on any atom is -0.377 e. The molecule has 0 saturated carbocycles. The Labute approximate surface area is 110 Å². The SMILES string of the molecule is CC1CN(c2cc(Br)cc(C#N)c2)CCCO1. The summed E-state index contributed by atoms with van der Waals surface area (Å²) >= 11 is 3.45. The van der Waals surface area contributed by atoms with Gasteiger partial charge in [0.2, 0.25) is 0 Å². The largest absolute Gasteiger partial charge is 0.377 e. The summed E-state index contributed by atoms with van der Waals surface area (Å²) in [5.41, 5.74) is 1.78. The van der Waals surface area contributed by atoms with Crippen molar-refractivity contribution in [1.82, 2.24) is 0 Å². The first-order chi connectivity index (χ1) is 8.19. The van der Waals surface area contributed by atoms with E-state index in [1.54, 1.807) is 0 Å². The highest BCUT2D eigenvalue weighted by Gasteiger charge is 2.16. The van der Waals surface area contributed by atoms with Crippen LogP contribution in [0.25, 0.3) is 0 Å². The van der Waals surface area contributed by atoms with Crippen molar-refractivity contribution in [3.8, 4) is 6.07 Å². The van der Waals surface area contributed by atoms with Crippen molar-refractivity contribution in [2.75, 3.05) is 24.6 Å². The zero-order valence-corrected chi connectivity index (χ0v) is 11.4. The van der Waals surface area contributed by atoms with E-state index in [1.165, 1.54) is 0 Å². The van der Waals surface area contributed by atoms with Gasteiger partial charge in [-0.2, -0.15) is 5.26 Å². The van der Waals surface area contributed by atoms with Crippen LogP contribution in [-0.4, -0.2) is 25.8 Å². The van der Waals surface area contributed by atoms with E-state index >= 15 is 0 Å². The Morgan fingerprint density at radius 1 is 1.47 bits per heavy atom. The lowest BCUT2D eigenvalue weighted by Crippen LogP contribution is -2.30. The molecule has 3 nitrogen and oxygen atoms in total. The van der Waals surface area contributed by atoms with Crippen LogP contribution < -0.4 is 4.90 Å². The molecule has 17 heavy (non-hydrogen) atoms. The molecular weight excluding hydrogens is 280 g/mol. The van der Waals surface area contributed by atoms with Gasteiger partial charge in [0.15, 0.2) is 0 Å². The second kappa shape index (κ2) is 5.52. The maximum atomic E-state index is 8.98. The summed E-state index contributed by atoms with van der Waals surface area (Å²) in [6.45, 7) is 4.76. The molecule has 1 unspecified atom stereocenters. The average Bonchev–Trinajstić information content (AvgIpc) is 2.53. The number of nitrogens with zero attached hydrogens (tertiary/aromatic N) is 2. The molecule has 90 valence electrons. The van der Waals surface area contributed by atoms with Gasteiger partial charge in [-0.1, -0.05) is 15.9 Å². The van der Waals surface area contributed by atoms with Crippen LogP contribution in [-0.2, 0) is 4.74 Å². The van der Waals surface area contributed by atoms with Crippen LogP contribution in [0.5, 0.6) is 0 Å². The first-order valence-corrected chi connectivity index (χ1v) is 6.55. The van der Waals surface area contributed by atoms with Crippen molar-refractivity contribution < 1.29 is 4.74 Å². The van der Waals surface area contributed by atoms with Crippen LogP contribution in [0.3, 0.4) is 0 Å². The van der Waals surface area contributed by atoms with Crippen molar-refractivity contribution in [2.24, 2.45) is 0 Å². The molecule has 1 heterocycles. The minimum absolute atomic E-state index is 0.238. The average molecular weight is 295 g/mol. The molecule has 0 amide bonds. The number of anilines is 1. The number of hydrogen-bond donors (Lipinski definition) is 0. The fourth-order valence-corrected chi connectivity index (χ4v) is 2.53. The Bertz CT molecular complexity index is 442. The molecule has 0 aliphatic carbocycles. The topological polar surface area (TPSA) is 36.3 Å². The van der Waals surface area contributed by atoms with E-state index in [9.17, 15) is 0 Å². The molecule has 0 N–H and O–H groups in total. The van der Waals surface area contributed by atoms with Crippen LogP contribution in [0.4, 0.5) is 5.69 Å². The molecule has 4 heteroatoms.